The molecule has 0 bridgehead atoms. The van der Waals surface area contributed by atoms with Crippen molar-refractivity contribution in [2.45, 2.75) is 23.1 Å². The molecule has 2 saturated heterocycles. The van der Waals surface area contributed by atoms with Gasteiger partial charge in [0.15, 0.2) is 16.5 Å². The van der Waals surface area contributed by atoms with Crippen molar-refractivity contribution in [2.24, 2.45) is 10.6 Å². The van der Waals surface area contributed by atoms with E-state index in [0.29, 0.717) is 10.7 Å². The number of halogens is 2. The monoisotopic (exact) mass is 586 g/mol. The molecule has 38 heavy (non-hydrogen) atoms. The van der Waals surface area contributed by atoms with Crippen molar-refractivity contribution in [1.29, 1.82) is 0 Å². The molecule has 3 atom stereocenters. The van der Waals surface area contributed by atoms with Crippen LogP contribution in [0.4, 0.5) is 13.9 Å². The lowest BCUT2D eigenvalue weighted by atomic mass is 9.89. The molecule has 2 aliphatic heterocycles. The van der Waals surface area contributed by atoms with E-state index >= 15 is 0 Å². The van der Waals surface area contributed by atoms with Crippen LogP contribution in [-0.4, -0.2) is 99.8 Å². The number of hydrogen-bond acceptors (Lipinski definition) is 14. The third-order valence-corrected chi connectivity index (χ3v) is 9.10. The number of nitrogen functional groups attached to an aromatic ring is 1. The number of oxime groups is 1. The number of hydrogen-bond donors (Lipinski definition) is 3. The Bertz CT molecular complexity index is 1440. The molecule has 2 amide bonds. The van der Waals surface area contributed by atoms with Crippen LogP contribution < -0.4 is 11.1 Å². The quantitative estimate of drug-likeness (QED) is 0.128. The zero-order valence-corrected chi connectivity index (χ0v) is 21.3. The third-order valence-electron chi connectivity index (χ3n) is 5.63. The molecule has 20 heteroatoms. The van der Waals surface area contributed by atoms with Crippen LogP contribution in [0.1, 0.15) is 5.69 Å². The number of nitrogens with two attached hydrogens (primary N) is 1. The second kappa shape index (κ2) is 10.3. The summed E-state index contributed by atoms with van der Waals surface area (Å²) in [6.07, 6.45) is 0. The molecule has 3 aromatic heterocycles. The number of rotatable bonds is 9. The maximum atomic E-state index is 12.9. The Morgan fingerprint density at radius 2 is 2.24 bits per heavy atom. The van der Waals surface area contributed by atoms with E-state index < -0.39 is 46.9 Å². The van der Waals surface area contributed by atoms with Gasteiger partial charge in [-0.2, -0.15) is 8.78 Å². The summed E-state index contributed by atoms with van der Waals surface area (Å²) in [7, 11) is 0. The number of aliphatic carboxylic acids is 1. The van der Waals surface area contributed by atoms with Crippen molar-refractivity contribution in [3.05, 3.63) is 23.2 Å². The molecule has 0 aliphatic carbocycles. The molecule has 4 N–H and O–H groups in total. The highest BCUT2D eigenvalue weighted by molar-refractivity contribution is 8.00. The predicted molar refractivity (Wildman–Crippen MR) is 129 cm³/mol. The van der Waals surface area contributed by atoms with Crippen molar-refractivity contribution in [2.75, 3.05) is 23.8 Å². The van der Waals surface area contributed by atoms with E-state index in [1.807, 2.05) is 0 Å². The van der Waals surface area contributed by atoms with Crippen LogP contribution >= 0.6 is 34.9 Å². The van der Waals surface area contributed by atoms with Gasteiger partial charge in [-0.05, 0) is 22.6 Å². The second-order valence-corrected chi connectivity index (χ2v) is 11.1. The standard InChI is InChI=1S/C18H16F2N10O5S3/c19-16(20)35-26-10(7-3-36-17(21)22-7)12(31)23-11-13(32)29-4-18(15(33)34,6-38-14(11)29)5-37-9-2-1-8-24-27-28-30(8)25-9/h1-3,11,14,16H,4-6H2,(H2,21,22)(H,23,31)(H,33,34)/t11?,14-,18?/m1/s1. The molecule has 5 rings (SSSR count). The molecule has 5 heterocycles. The molecule has 2 fully saturated rings. The van der Waals surface area contributed by atoms with Crippen LogP contribution in [0.15, 0.2) is 27.7 Å². The number of nitrogens with one attached hydrogen (secondary N) is 1. The number of aromatic nitrogens is 6. The zero-order chi connectivity index (χ0) is 27.0. The average molecular weight is 587 g/mol. The molecule has 2 aliphatic rings. The van der Waals surface area contributed by atoms with Gasteiger partial charge in [0.1, 0.15) is 27.6 Å². The number of carbonyl (C=O) groups excluding carboxylic acids is 2. The van der Waals surface area contributed by atoms with Crippen LogP contribution in [0.5, 0.6) is 0 Å². The summed E-state index contributed by atoms with van der Waals surface area (Å²) in [5, 5.41) is 32.2. The van der Waals surface area contributed by atoms with Gasteiger partial charge in [0.05, 0.1) is 0 Å². The zero-order valence-electron chi connectivity index (χ0n) is 18.8. The van der Waals surface area contributed by atoms with E-state index in [-0.39, 0.29) is 28.9 Å². The first kappa shape index (κ1) is 26.0. The fourth-order valence-electron chi connectivity index (χ4n) is 3.73. The van der Waals surface area contributed by atoms with Gasteiger partial charge in [-0.3, -0.25) is 14.4 Å². The maximum absolute atomic E-state index is 12.9. The van der Waals surface area contributed by atoms with Crippen LogP contribution in [0.25, 0.3) is 5.65 Å². The summed E-state index contributed by atoms with van der Waals surface area (Å²) < 4.78 is 26.3. The fourth-order valence-corrected chi connectivity index (χ4v) is 6.99. The van der Waals surface area contributed by atoms with Crippen molar-refractivity contribution >= 4 is 69.1 Å². The van der Waals surface area contributed by atoms with E-state index in [9.17, 15) is 28.3 Å². The number of tetrazole rings is 1. The smallest absolute Gasteiger partial charge is 0.407 e. The number of β-lactam (4-membered cyclic amide) rings is 1. The molecule has 0 saturated carbocycles. The van der Waals surface area contributed by atoms with Gasteiger partial charge in [0.2, 0.25) is 5.91 Å². The summed E-state index contributed by atoms with van der Waals surface area (Å²) in [4.78, 5) is 47.1. The van der Waals surface area contributed by atoms with Crippen molar-refractivity contribution in [3.63, 3.8) is 0 Å². The highest BCUT2D eigenvalue weighted by Crippen LogP contribution is 2.44. The van der Waals surface area contributed by atoms with Crippen molar-refractivity contribution in [1.82, 2.24) is 40.5 Å². The molecular formula is C18H16F2N10O5S3. The SMILES string of the molecule is Nc1nc(C(=NOC(F)F)C(=O)NC2C(=O)N3CC(CSc4ccc5nnnn5n4)(C(=O)O)CS[C@H]23)cs1. The number of anilines is 1. The molecule has 15 nitrogen and oxygen atoms in total. The molecule has 0 aromatic carbocycles. The van der Waals surface area contributed by atoms with E-state index in [4.69, 9.17) is 5.73 Å². The van der Waals surface area contributed by atoms with Crippen molar-refractivity contribution < 1.29 is 33.1 Å². The van der Waals surface area contributed by atoms with E-state index in [0.717, 1.165) is 11.3 Å². The highest BCUT2D eigenvalue weighted by Gasteiger charge is 2.57. The Kier molecular flexibility index (Phi) is 7.01. The van der Waals surface area contributed by atoms with Crippen molar-refractivity contribution in [3.8, 4) is 0 Å². The van der Waals surface area contributed by atoms with Gasteiger partial charge in [-0.25, -0.2) is 4.98 Å². The molecule has 2 unspecified atom stereocenters. The number of carbonyl (C=O) groups is 3. The number of carboxylic acids is 1. The van der Waals surface area contributed by atoms with Gasteiger partial charge in [0.25, 0.3) is 5.91 Å². The van der Waals surface area contributed by atoms with Gasteiger partial charge < -0.3 is 25.9 Å². The van der Waals surface area contributed by atoms with E-state index in [2.05, 4.69) is 40.9 Å². The number of thiazole rings is 1. The number of thioether (sulfide) groups is 2. The molecule has 0 radical (unpaired) electrons. The van der Waals surface area contributed by atoms with Gasteiger partial charge in [-0.1, -0.05) is 5.16 Å². The first-order valence-corrected chi connectivity index (χ1v) is 13.5. The first-order chi connectivity index (χ1) is 18.2. The minimum Gasteiger partial charge on any atom is -0.481 e. The van der Waals surface area contributed by atoms with Crippen LogP contribution in [0.3, 0.4) is 0 Å². The van der Waals surface area contributed by atoms with Gasteiger partial charge in [-0.15, -0.1) is 49.7 Å². The Morgan fingerprint density at radius 1 is 1.42 bits per heavy atom. The lowest BCUT2D eigenvalue weighted by Gasteiger charge is -2.53. The van der Waals surface area contributed by atoms with Gasteiger partial charge in [0, 0.05) is 23.4 Å². The average Bonchev–Trinajstić information content (AvgIpc) is 3.54. The lowest BCUT2D eigenvalue weighted by Crippen LogP contribution is -2.74. The molecule has 200 valence electrons. The summed E-state index contributed by atoms with van der Waals surface area (Å²) >= 11 is 3.33. The Labute approximate surface area is 223 Å². The van der Waals surface area contributed by atoms with Gasteiger partial charge >= 0.3 is 12.6 Å². The van der Waals surface area contributed by atoms with Crippen LogP contribution in [0.2, 0.25) is 0 Å². The topological polar surface area (TPSA) is 203 Å². The lowest BCUT2D eigenvalue weighted by molar-refractivity contribution is -0.157. The first-order valence-electron chi connectivity index (χ1n) is 10.5. The number of alkyl halides is 2. The van der Waals surface area contributed by atoms with E-state index in [1.165, 1.54) is 38.4 Å². The summed E-state index contributed by atoms with van der Waals surface area (Å²) in [5.74, 6) is -2.33. The second-order valence-electron chi connectivity index (χ2n) is 8.07. The van der Waals surface area contributed by atoms with Crippen LogP contribution in [-0.2, 0) is 19.2 Å². The Hall–Kier alpha value is -3.65. The number of amides is 2. The molecule has 0 spiro atoms. The highest BCUT2D eigenvalue weighted by atomic mass is 32.2. The maximum Gasteiger partial charge on any atom is 0.407 e. The predicted octanol–water partition coefficient (Wildman–Crippen LogP) is -0.236. The largest absolute Gasteiger partial charge is 0.481 e. The number of fused-ring (bicyclic) bond motifs is 2. The number of carboxylic acid groups (broad SMARTS) is 1. The van der Waals surface area contributed by atoms with Crippen LogP contribution in [0, 0.1) is 5.41 Å². The molecular weight excluding hydrogens is 570 g/mol. The minimum absolute atomic E-state index is 0.0715. The Morgan fingerprint density at radius 3 is 2.95 bits per heavy atom. The molecule has 3 aromatic rings. The summed E-state index contributed by atoms with van der Waals surface area (Å²) in [6.45, 7) is -3.38. The fraction of sp³-hybridized carbons (Fsp3) is 0.389. The number of nitrogens with zero attached hydrogens (tertiary/aromatic N) is 8. The van der Waals surface area contributed by atoms with E-state index in [1.54, 1.807) is 12.1 Å². The summed E-state index contributed by atoms with van der Waals surface area (Å²) in [5.41, 5.74) is 4.03. The normalized spacial score (nSPS) is 23.3. The summed E-state index contributed by atoms with van der Waals surface area (Å²) in [6, 6.07) is 2.28. The third kappa shape index (κ3) is 4.92. The minimum atomic E-state index is -3.28. The Balaban J connectivity index is 1.26.